The minimum Gasteiger partial charge on any atom is -0.478 e. The average Bonchev–Trinajstić information content (AvgIpc) is 2.75. The molecule has 2 aromatic rings. The predicted octanol–water partition coefficient (Wildman–Crippen LogP) is 3.45. The van der Waals surface area contributed by atoms with Gasteiger partial charge in [-0.05, 0) is 41.1 Å². The summed E-state index contributed by atoms with van der Waals surface area (Å²) >= 11 is 3.26. The number of nitrogens with one attached hydrogen (secondary N) is 1. The van der Waals surface area contributed by atoms with Gasteiger partial charge in [0.05, 0.1) is 25.0 Å². The number of aromatic nitrogens is 1. The minimum absolute atomic E-state index is 0.625. The monoisotopic (exact) mass is 296 g/mol. The first-order valence-corrected chi connectivity index (χ1v) is 6.14. The zero-order valence-electron chi connectivity index (χ0n) is 9.44. The van der Waals surface area contributed by atoms with Gasteiger partial charge in [-0.3, -0.25) is 0 Å². The van der Waals surface area contributed by atoms with Gasteiger partial charge in [-0.15, -0.1) is 0 Å². The topological polar surface area (TPSA) is 47.3 Å². The van der Waals surface area contributed by atoms with Crippen LogP contribution in [0.5, 0.6) is 5.88 Å². The molecule has 0 unspecified atom stereocenters. The maximum Gasteiger partial charge on any atom is 0.213 e. The van der Waals surface area contributed by atoms with Crippen molar-refractivity contribution in [1.29, 1.82) is 0 Å². The van der Waals surface area contributed by atoms with E-state index in [4.69, 9.17) is 9.15 Å². The molecule has 0 aliphatic carbocycles. The number of furan rings is 1. The van der Waals surface area contributed by atoms with Gasteiger partial charge < -0.3 is 14.5 Å². The van der Waals surface area contributed by atoms with Crippen molar-refractivity contribution in [1.82, 2.24) is 4.98 Å². The number of hydrogen-bond acceptors (Lipinski definition) is 4. The van der Waals surface area contributed by atoms with Crippen LogP contribution in [0.15, 0.2) is 39.5 Å². The Morgan fingerprint density at radius 3 is 2.82 bits per heavy atom. The van der Waals surface area contributed by atoms with Gasteiger partial charge in [0.2, 0.25) is 5.88 Å². The zero-order chi connectivity index (χ0) is 12.1. The fourth-order valence-electron chi connectivity index (χ4n) is 1.35. The highest BCUT2D eigenvalue weighted by atomic mass is 79.9. The lowest BCUT2D eigenvalue weighted by Gasteiger charge is -2.05. The van der Waals surface area contributed by atoms with E-state index in [0.717, 1.165) is 16.1 Å². The largest absolute Gasteiger partial charge is 0.478 e. The number of pyridine rings is 1. The third-order valence-electron chi connectivity index (χ3n) is 2.12. The summed E-state index contributed by atoms with van der Waals surface area (Å²) in [4.78, 5) is 4.16. The van der Waals surface area contributed by atoms with E-state index >= 15 is 0 Å². The number of hydrogen-bond donors (Lipinski definition) is 1. The van der Waals surface area contributed by atoms with E-state index in [9.17, 15) is 0 Å². The Kier molecular flexibility index (Phi) is 4.03. The van der Waals surface area contributed by atoms with Crippen LogP contribution < -0.4 is 10.1 Å². The van der Waals surface area contributed by atoms with Crippen LogP contribution in [0.2, 0.25) is 0 Å². The van der Waals surface area contributed by atoms with E-state index in [2.05, 4.69) is 26.2 Å². The Labute approximate surface area is 108 Å². The van der Waals surface area contributed by atoms with Gasteiger partial charge in [0.25, 0.3) is 0 Å². The van der Waals surface area contributed by atoms with E-state index in [1.165, 1.54) is 0 Å². The molecule has 2 heterocycles. The van der Waals surface area contributed by atoms with Crippen molar-refractivity contribution in [2.24, 2.45) is 0 Å². The van der Waals surface area contributed by atoms with Crippen LogP contribution in [0.4, 0.5) is 5.69 Å². The first-order chi connectivity index (χ1) is 8.28. The first kappa shape index (κ1) is 12.0. The SMILES string of the molecule is CCOc1ccc(NCc2ccc(Br)o2)cn1. The van der Waals surface area contributed by atoms with E-state index < -0.39 is 0 Å². The summed E-state index contributed by atoms with van der Waals surface area (Å²) < 4.78 is 11.4. The average molecular weight is 297 g/mol. The van der Waals surface area contributed by atoms with Gasteiger partial charge in [0, 0.05) is 6.07 Å². The van der Waals surface area contributed by atoms with Crippen molar-refractivity contribution in [3.8, 4) is 5.88 Å². The minimum atomic E-state index is 0.625. The highest BCUT2D eigenvalue weighted by Crippen LogP contribution is 2.16. The van der Waals surface area contributed by atoms with Crippen LogP contribution in [0, 0.1) is 0 Å². The molecule has 0 aliphatic heterocycles. The summed E-state index contributed by atoms with van der Waals surface area (Å²) in [7, 11) is 0. The van der Waals surface area contributed by atoms with Crippen LogP contribution in [0.25, 0.3) is 0 Å². The van der Waals surface area contributed by atoms with Crippen molar-refractivity contribution in [3.63, 3.8) is 0 Å². The molecule has 0 amide bonds. The van der Waals surface area contributed by atoms with Crippen molar-refractivity contribution in [2.75, 3.05) is 11.9 Å². The molecule has 2 aromatic heterocycles. The zero-order valence-corrected chi connectivity index (χ0v) is 11.0. The van der Waals surface area contributed by atoms with Gasteiger partial charge in [0.15, 0.2) is 4.67 Å². The summed E-state index contributed by atoms with van der Waals surface area (Å²) in [6, 6.07) is 7.55. The van der Waals surface area contributed by atoms with Gasteiger partial charge in [0.1, 0.15) is 5.76 Å². The quantitative estimate of drug-likeness (QED) is 0.918. The second kappa shape index (κ2) is 5.72. The molecule has 0 fully saturated rings. The second-order valence-corrected chi connectivity index (χ2v) is 4.16. The second-order valence-electron chi connectivity index (χ2n) is 3.38. The normalized spacial score (nSPS) is 10.2. The lowest BCUT2D eigenvalue weighted by Crippen LogP contribution is -1.99. The van der Waals surface area contributed by atoms with Gasteiger partial charge in [-0.2, -0.15) is 0 Å². The number of anilines is 1. The van der Waals surface area contributed by atoms with E-state index in [0.29, 0.717) is 19.0 Å². The van der Waals surface area contributed by atoms with Crippen LogP contribution in [-0.2, 0) is 6.54 Å². The Morgan fingerprint density at radius 2 is 2.24 bits per heavy atom. The highest BCUT2D eigenvalue weighted by molar-refractivity contribution is 9.10. The molecule has 2 rings (SSSR count). The molecule has 0 atom stereocenters. The van der Waals surface area contributed by atoms with Crippen molar-refractivity contribution in [2.45, 2.75) is 13.5 Å². The molecule has 0 radical (unpaired) electrons. The predicted molar refractivity (Wildman–Crippen MR) is 69.1 cm³/mol. The molecular weight excluding hydrogens is 284 g/mol. The summed E-state index contributed by atoms with van der Waals surface area (Å²) in [6.45, 7) is 3.18. The molecule has 0 saturated carbocycles. The molecule has 0 saturated heterocycles. The van der Waals surface area contributed by atoms with Crippen molar-refractivity contribution in [3.05, 3.63) is 40.9 Å². The molecule has 4 nitrogen and oxygen atoms in total. The Morgan fingerprint density at radius 1 is 1.35 bits per heavy atom. The third kappa shape index (κ3) is 3.49. The van der Waals surface area contributed by atoms with Gasteiger partial charge in [-0.1, -0.05) is 0 Å². The Balaban J connectivity index is 1.90. The fraction of sp³-hybridized carbons (Fsp3) is 0.250. The van der Waals surface area contributed by atoms with Crippen molar-refractivity contribution >= 4 is 21.6 Å². The maximum absolute atomic E-state index is 5.38. The number of halogens is 1. The van der Waals surface area contributed by atoms with Crippen molar-refractivity contribution < 1.29 is 9.15 Å². The van der Waals surface area contributed by atoms with Crippen LogP contribution in [0.1, 0.15) is 12.7 Å². The molecule has 5 heteroatoms. The molecule has 0 bridgehead atoms. The molecule has 0 spiro atoms. The summed E-state index contributed by atoms with van der Waals surface area (Å²) in [5.74, 6) is 1.50. The van der Waals surface area contributed by atoms with Crippen LogP contribution in [0.3, 0.4) is 0 Å². The standard InChI is InChI=1S/C12H13BrN2O2/c1-2-16-12-6-3-9(7-15-12)14-8-10-4-5-11(13)17-10/h3-7,14H,2,8H2,1H3. The number of nitrogens with zero attached hydrogens (tertiary/aromatic N) is 1. The highest BCUT2D eigenvalue weighted by Gasteiger charge is 2.00. The Bertz CT molecular complexity index is 468. The first-order valence-electron chi connectivity index (χ1n) is 5.35. The van der Waals surface area contributed by atoms with E-state index in [-0.39, 0.29) is 0 Å². The summed E-state index contributed by atoms with van der Waals surface area (Å²) in [5.41, 5.74) is 0.931. The molecular formula is C12H13BrN2O2. The number of rotatable bonds is 5. The molecule has 17 heavy (non-hydrogen) atoms. The summed E-state index contributed by atoms with van der Waals surface area (Å²) in [6.07, 6.45) is 1.74. The van der Waals surface area contributed by atoms with E-state index in [1.807, 2.05) is 31.2 Å². The van der Waals surface area contributed by atoms with Gasteiger partial charge in [-0.25, -0.2) is 4.98 Å². The molecule has 1 N–H and O–H groups in total. The van der Waals surface area contributed by atoms with Crippen LogP contribution >= 0.6 is 15.9 Å². The Hall–Kier alpha value is -1.49. The molecule has 90 valence electrons. The lowest BCUT2D eigenvalue weighted by atomic mass is 10.4. The summed E-state index contributed by atoms with van der Waals surface area (Å²) in [5, 5.41) is 3.21. The smallest absolute Gasteiger partial charge is 0.213 e. The maximum atomic E-state index is 5.38. The van der Waals surface area contributed by atoms with Crippen LogP contribution in [-0.4, -0.2) is 11.6 Å². The van der Waals surface area contributed by atoms with Gasteiger partial charge >= 0.3 is 0 Å². The fourth-order valence-corrected chi connectivity index (χ4v) is 1.69. The molecule has 0 aromatic carbocycles. The van der Waals surface area contributed by atoms with E-state index in [1.54, 1.807) is 6.20 Å². The third-order valence-corrected chi connectivity index (χ3v) is 2.55. The molecule has 0 aliphatic rings. The lowest BCUT2D eigenvalue weighted by molar-refractivity contribution is 0.327. The number of ether oxygens (including phenoxy) is 1.